The summed E-state index contributed by atoms with van der Waals surface area (Å²) < 4.78 is 7.49. The highest BCUT2D eigenvalue weighted by Crippen LogP contribution is 2.31. The normalized spacial score (nSPS) is 12.0. The van der Waals surface area contributed by atoms with Crippen LogP contribution in [0.2, 0.25) is 0 Å². The number of nitrogens with zero attached hydrogens (tertiary/aromatic N) is 2. The average molecular weight is 214 g/mol. The Morgan fingerprint density at radius 1 is 1.25 bits per heavy atom. The number of aryl methyl sites for hydroxylation is 1. The summed E-state index contributed by atoms with van der Waals surface area (Å²) >= 11 is 0. The van der Waals surface area contributed by atoms with Crippen molar-refractivity contribution in [2.75, 3.05) is 0 Å². The van der Waals surface area contributed by atoms with Gasteiger partial charge in [0.15, 0.2) is 5.58 Å². The standard InChI is InChI=1S/C13H14N2O/c1-8(2)13-12-9-6-7-15(3)10(9)4-5-11(12)16-14-13/h4-8H,1-3H3. The molecule has 0 radical (unpaired) electrons. The molecule has 16 heavy (non-hydrogen) atoms. The van der Waals surface area contributed by atoms with Crippen LogP contribution in [0, 0.1) is 0 Å². The lowest BCUT2D eigenvalue weighted by Gasteiger charge is -2.00. The van der Waals surface area contributed by atoms with Crippen molar-refractivity contribution in [1.29, 1.82) is 0 Å². The summed E-state index contributed by atoms with van der Waals surface area (Å²) in [5.74, 6) is 0.382. The molecule has 2 heterocycles. The summed E-state index contributed by atoms with van der Waals surface area (Å²) in [6.07, 6.45) is 2.07. The zero-order valence-electron chi connectivity index (χ0n) is 9.69. The van der Waals surface area contributed by atoms with E-state index in [1.165, 1.54) is 10.9 Å². The summed E-state index contributed by atoms with van der Waals surface area (Å²) in [6.45, 7) is 4.28. The lowest BCUT2D eigenvalue weighted by molar-refractivity contribution is 0.441. The van der Waals surface area contributed by atoms with E-state index < -0.39 is 0 Å². The van der Waals surface area contributed by atoms with E-state index >= 15 is 0 Å². The minimum Gasteiger partial charge on any atom is -0.356 e. The summed E-state index contributed by atoms with van der Waals surface area (Å²) in [4.78, 5) is 0. The minimum atomic E-state index is 0.382. The van der Waals surface area contributed by atoms with Crippen molar-refractivity contribution in [3.8, 4) is 0 Å². The molecule has 0 saturated heterocycles. The van der Waals surface area contributed by atoms with Crippen molar-refractivity contribution >= 4 is 21.9 Å². The molecule has 0 amide bonds. The molecule has 1 aromatic carbocycles. The van der Waals surface area contributed by atoms with Gasteiger partial charge >= 0.3 is 0 Å². The van der Waals surface area contributed by atoms with Crippen LogP contribution >= 0.6 is 0 Å². The van der Waals surface area contributed by atoms with Crippen LogP contribution in [0.1, 0.15) is 25.5 Å². The van der Waals surface area contributed by atoms with Gasteiger partial charge in [-0.3, -0.25) is 0 Å². The fourth-order valence-corrected chi connectivity index (χ4v) is 2.21. The number of benzene rings is 1. The van der Waals surface area contributed by atoms with Crippen molar-refractivity contribution in [1.82, 2.24) is 9.72 Å². The molecule has 3 rings (SSSR count). The molecular formula is C13H14N2O. The molecule has 3 heteroatoms. The van der Waals surface area contributed by atoms with Crippen LogP contribution in [0.4, 0.5) is 0 Å². The maximum Gasteiger partial charge on any atom is 0.167 e. The molecule has 0 fully saturated rings. The topological polar surface area (TPSA) is 31.0 Å². The summed E-state index contributed by atoms with van der Waals surface area (Å²) in [6, 6.07) is 6.20. The first-order valence-electron chi connectivity index (χ1n) is 5.52. The molecule has 0 N–H and O–H groups in total. The third kappa shape index (κ3) is 1.11. The largest absolute Gasteiger partial charge is 0.356 e. The SMILES string of the molecule is CC(C)c1noc2ccc3c(ccn3C)c12. The molecule has 0 atom stereocenters. The van der Waals surface area contributed by atoms with E-state index in [2.05, 4.69) is 48.9 Å². The third-order valence-electron chi connectivity index (χ3n) is 3.07. The van der Waals surface area contributed by atoms with E-state index in [0.29, 0.717) is 5.92 Å². The number of hydrogen-bond acceptors (Lipinski definition) is 2. The Labute approximate surface area is 93.6 Å². The minimum absolute atomic E-state index is 0.382. The highest BCUT2D eigenvalue weighted by Gasteiger charge is 2.15. The first kappa shape index (κ1) is 9.46. The zero-order chi connectivity index (χ0) is 11.3. The van der Waals surface area contributed by atoms with Crippen molar-refractivity contribution in [3.05, 3.63) is 30.1 Å². The predicted molar refractivity (Wildman–Crippen MR) is 64.6 cm³/mol. The van der Waals surface area contributed by atoms with E-state index in [4.69, 9.17) is 4.52 Å². The Kier molecular flexibility index (Phi) is 1.84. The maximum absolute atomic E-state index is 5.37. The predicted octanol–water partition coefficient (Wildman–Crippen LogP) is 3.44. The monoisotopic (exact) mass is 214 g/mol. The van der Waals surface area contributed by atoms with Gasteiger partial charge in [-0.2, -0.15) is 0 Å². The van der Waals surface area contributed by atoms with Gasteiger partial charge in [-0.05, 0) is 24.1 Å². The van der Waals surface area contributed by atoms with E-state index in [-0.39, 0.29) is 0 Å². The molecule has 3 aromatic rings. The number of fused-ring (bicyclic) bond motifs is 3. The molecule has 3 nitrogen and oxygen atoms in total. The highest BCUT2D eigenvalue weighted by atomic mass is 16.5. The van der Waals surface area contributed by atoms with Crippen LogP contribution < -0.4 is 0 Å². The van der Waals surface area contributed by atoms with Crippen molar-refractivity contribution in [2.24, 2.45) is 7.05 Å². The van der Waals surface area contributed by atoms with Crippen LogP contribution in [0.3, 0.4) is 0 Å². The van der Waals surface area contributed by atoms with Crippen LogP contribution in [0.15, 0.2) is 28.9 Å². The van der Waals surface area contributed by atoms with E-state index in [9.17, 15) is 0 Å². The molecule has 0 spiro atoms. The summed E-state index contributed by atoms with van der Waals surface area (Å²) in [7, 11) is 2.05. The third-order valence-corrected chi connectivity index (χ3v) is 3.07. The lowest BCUT2D eigenvalue weighted by atomic mass is 10.0. The van der Waals surface area contributed by atoms with Gasteiger partial charge in [0.25, 0.3) is 0 Å². The molecule has 82 valence electrons. The van der Waals surface area contributed by atoms with Crippen LogP contribution in [0.5, 0.6) is 0 Å². The molecule has 0 unspecified atom stereocenters. The van der Waals surface area contributed by atoms with Crippen molar-refractivity contribution < 1.29 is 4.52 Å². The van der Waals surface area contributed by atoms with Crippen LogP contribution in [0.25, 0.3) is 21.9 Å². The van der Waals surface area contributed by atoms with Crippen LogP contribution in [-0.4, -0.2) is 9.72 Å². The van der Waals surface area contributed by atoms with E-state index in [1.807, 2.05) is 6.07 Å². The first-order valence-corrected chi connectivity index (χ1v) is 5.52. The number of hydrogen-bond donors (Lipinski definition) is 0. The number of rotatable bonds is 1. The summed E-state index contributed by atoms with van der Waals surface area (Å²) in [5.41, 5.74) is 3.15. The van der Waals surface area contributed by atoms with E-state index in [0.717, 1.165) is 16.7 Å². The molecule has 0 aliphatic rings. The number of aromatic nitrogens is 2. The maximum atomic E-state index is 5.37. The zero-order valence-corrected chi connectivity index (χ0v) is 9.69. The highest BCUT2D eigenvalue weighted by molar-refractivity contribution is 6.06. The molecule has 2 aromatic heterocycles. The fourth-order valence-electron chi connectivity index (χ4n) is 2.21. The quantitative estimate of drug-likeness (QED) is 0.621. The van der Waals surface area contributed by atoms with E-state index in [1.54, 1.807) is 0 Å². The van der Waals surface area contributed by atoms with Gasteiger partial charge in [0.2, 0.25) is 0 Å². The molecule has 0 saturated carbocycles. The molecule has 0 bridgehead atoms. The molecule has 0 aliphatic carbocycles. The van der Waals surface area contributed by atoms with Gasteiger partial charge in [0.1, 0.15) is 0 Å². The van der Waals surface area contributed by atoms with Gasteiger partial charge in [0, 0.05) is 24.1 Å². The Morgan fingerprint density at radius 3 is 2.81 bits per heavy atom. The summed E-state index contributed by atoms with van der Waals surface area (Å²) in [5, 5.41) is 6.56. The first-order chi connectivity index (χ1) is 7.68. The van der Waals surface area contributed by atoms with Crippen molar-refractivity contribution in [3.63, 3.8) is 0 Å². The Bertz CT molecular complexity index is 661. The Morgan fingerprint density at radius 2 is 2.06 bits per heavy atom. The van der Waals surface area contributed by atoms with Gasteiger partial charge in [-0.25, -0.2) is 0 Å². The van der Waals surface area contributed by atoms with Crippen molar-refractivity contribution in [2.45, 2.75) is 19.8 Å². The smallest absolute Gasteiger partial charge is 0.167 e. The van der Waals surface area contributed by atoms with Gasteiger partial charge < -0.3 is 9.09 Å². The Hall–Kier alpha value is -1.77. The molecular weight excluding hydrogens is 200 g/mol. The fraction of sp³-hybridized carbons (Fsp3) is 0.308. The van der Waals surface area contributed by atoms with Crippen LogP contribution in [-0.2, 0) is 7.05 Å². The second-order valence-corrected chi connectivity index (χ2v) is 4.52. The lowest BCUT2D eigenvalue weighted by Crippen LogP contribution is -1.88. The van der Waals surface area contributed by atoms with Gasteiger partial charge in [0.05, 0.1) is 11.1 Å². The molecule has 0 aliphatic heterocycles. The van der Waals surface area contributed by atoms with Gasteiger partial charge in [-0.1, -0.05) is 19.0 Å². The van der Waals surface area contributed by atoms with Gasteiger partial charge in [-0.15, -0.1) is 0 Å². The Balaban J connectivity index is 2.52. The second kappa shape index (κ2) is 3.11. The second-order valence-electron chi connectivity index (χ2n) is 4.52. The average Bonchev–Trinajstić information content (AvgIpc) is 2.81.